The minimum Gasteiger partial charge on any atom is -0.466 e. The molecule has 0 fully saturated rings. The van der Waals surface area contributed by atoms with Gasteiger partial charge in [0.25, 0.3) is 0 Å². The summed E-state index contributed by atoms with van der Waals surface area (Å²) in [4.78, 5) is 27.5. The Kier molecular flexibility index (Phi) is 49.9. The minimum atomic E-state index is -0.328. The Bertz CT molecular complexity index is 782. The second kappa shape index (κ2) is 49.1. The number of unbranched alkanes of at least 4 members (excludes halogenated alkanes) is 20. The molecule has 342 valence electrons. The van der Waals surface area contributed by atoms with Gasteiger partial charge in [-0.15, -0.1) is 0 Å². The van der Waals surface area contributed by atoms with Gasteiger partial charge in [0.2, 0.25) is 0 Å². The molecule has 0 aliphatic carbocycles. The summed E-state index contributed by atoms with van der Waals surface area (Å²) in [6, 6.07) is 0.439. The van der Waals surface area contributed by atoms with E-state index in [4.69, 9.17) is 18.9 Å². The lowest BCUT2D eigenvalue weighted by atomic mass is 10.1. The zero-order chi connectivity index (χ0) is 42.3. The molecule has 1 N–H and O–H groups in total. The quantitative estimate of drug-likeness (QED) is 0.0370. The van der Waals surface area contributed by atoms with E-state index in [-0.39, 0.29) is 18.2 Å². The van der Waals surface area contributed by atoms with E-state index in [1.807, 2.05) is 13.8 Å². The van der Waals surface area contributed by atoms with Crippen LogP contribution in [0.5, 0.6) is 0 Å². The Labute approximate surface area is 355 Å². The summed E-state index contributed by atoms with van der Waals surface area (Å²) < 4.78 is 23.4. The molecule has 1 atom stereocenters. The molecule has 0 saturated heterocycles. The zero-order valence-electron chi connectivity index (χ0n) is 39.4. The van der Waals surface area contributed by atoms with Gasteiger partial charge in [-0.2, -0.15) is 0 Å². The van der Waals surface area contributed by atoms with Crippen molar-refractivity contribution >= 4 is 11.9 Å². The van der Waals surface area contributed by atoms with Gasteiger partial charge in [-0.1, -0.05) is 164 Å². The molecular weight excluding hydrogens is 713 g/mol. The second-order valence-electron chi connectivity index (χ2n) is 16.1. The Morgan fingerprint density at radius 2 is 0.895 bits per heavy atom. The largest absolute Gasteiger partial charge is 0.466 e. The van der Waals surface area contributed by atoms with E-state index in [2.05, 4.69) is 44.8 Å². The highest BCUT2D eigenvalue weighted by molar-refractivity contribution is 5.69. The van der Waals surface area contributed by atoms with Crippen LogP contribution in [0.25, 0.3) is 0 Å². The molecule has 0 bridgehead atoms. The molecular formula is C49H100N2O6. The number of rotatable bonds is 45. The lowest BCUT2D eigenvalue weighted by molar-refractivity contribution is -0.159. The molecule has 0 radical (unpaired) electrons. The van der Waals surface area contributed by atoms with E-state index < -0.39 is 0 Å². The molecule has 1 unspecified atom stereocenters. The molecule has 0 saturated carbocycles. The van der Waals surface area contributed by atoms with Crippen LogP contribution in [-0.4, -0.2) is 81.8 Å². The number of carbonyl (C=O) groups excluding carboxylic acids is 2. The number of nitrogens with zero attached hydrogens (tertiary/aromatic N) is 1. The van der Waals surface area contributed by atoms with Crippen molar-refractivity contribution in [1.82, 2.24) is 10.2 Å². The van der Waals surface area contributed by atoms with E-state index in [0.717, 1.165) is 90.4 Å². The number of ether oxygens (including phenoxy) is 4. The molecule has 0 rings (SSSR count). The van der Waals surface area contributed by atoms with Crippen LogP contribution in [0.3, 0.4) is 0 Å². The van der Waals surface area contributed by atoms with E-state index in [9.17, 15) is 9.59 Å². The first kappa shape index (κ1) is 57.9. The average Bonchev–Trinajstić information content (AvgIpc) is 3.22. The SMILES string of the molecule is CC.CCCCCCCCCCCOC(=O)CCCCC(C)N(CCCCOC(=O)CCC(OCCCCCCCC)OCCCCCCCC)CCNCCC. The highest BCUT2D eigenvalue weighted by Gasteiger charge is 2.16. The Hall–Kier alpha value is -1.22. The standard InChI is InChI=1S/C47H94N2O6.C2H6/c1-6-10-13-16-19-20-21-24-28-40-52-45(50)33-26-25-32-44(5)49(39-37-48-36-9-4)38-27-31-41-53-46(51)34-35-47(54-42-29-22-17-14-11-7-2)55-43-30-23-18-15-12-8-3;1-2/h44,47-48H,6-43H2,1-5H3;1-2H3. The maximum atomic E-state index is 12.7. The number of hydrogen-bond acceptors (Lipinski definition) is 8. The molecule has 8 heteroatoms. The van der Waals surface area contributed by atoms with Gasteiger partial charge in [-0.3, -0.25) is 14.5 Å². The van der Waals surface area contributed by atoms with Gasteiger partial charge >= 0.3 is 11.9 Å². The molecule has 0 heterocycles. The molecule has 0 aromatic carbocycles. The van der Waals surface area contributed by atoms with Crippen LogP contribution in [0.15, 0.2) is 0 Å². The van der Waals surface area contributed by atoms with Gasteiger partial charge < -0.3 is 24.3 Å². The highest BCUT2D eigenvalue weighted by Crippen LogP contribution is 2.15. The predicted molar refractivity (Wildman–Crippen MR) is 244 cm³/mol. The van der Waals surface area contributed by atoms with Gasteiger partial charge in [0, 0.05) is 45.2 Å². The first-order valence-corrected chi connectivity index (χ1v) is 25.0. The molecule has 0 aromatic heterocycles. The van der Waals surface area contributed by atoms with Crippen molar-refractivity contribution in [2.45, 2.75) is 253 Å². The third-order valence-corrected chi connectivity index (χ3v) is 10.7. The van der Waals surface area contributed by atoms with Gasteiger partial charge in [-0.05, 0) is 71.4 Å². The lowest BCUT2D eigenvalue weighted by Gasteiger charge is -2.29. The van der Waals surface area contributed by atoms with Gasteiger partial charge in [0.1, 0.15) is 0 Å². The van der Waals surface area contributed by atoms with Crippen LogP contribution in [0.2, 0.25) is 0 Å². The van der Waals surface area contributed by atoms with Crippen LogP contribution in [0.4, 0.5) is 0 Å². The summed E-state index contributed by atoms with van der Waals surface area (Å²) in [5.74, 6) is -0.198. The van der Waals surface area contributed by atoms with Crippen molar-refractivity contribution < 1.29 is 28.5 Å². The van der Waals surface area contributed by atoms with Crippen molar-refractivity contribution in [3.63, 3.8) is 0 Å². The molecule has 8 nitrogen and oxygen atoms in total. The fourth-order valence-electron chi connectivity index (χ4n) is 6.96. The van der Waals surface area contributed by atoms with Gasteiger partial charge in [0.05, 0.1) is 19.6 Å². The Morgan fingerprint density at radius 1 is 0.456 bits per heavy atom. The van der Waals surface area contributed by atoms with E-state index in [0.29, 0.717) is 51.7 Å². The molecule has 0 aliphatic rings. The van der Waals surface area contributed by atoms with Crippen LogP contribution >= 0.6 is 0 Å². The minimum absolute atomic E-state index is 0.0423. The fraction of sp³-hybridized carbons (Fsp3) is 0.959. The third-order valence-electron chi connectivity index (χ3n) is 10.7. The summed E-state index contributed by atoms with van der Waals surface area (Å²) in [5, 5.41) is 3.55. The molecule has 0 amide bonds. The van der Waals surface area contributed by atoms with Crippen LogP contribution in [0.1, 0.15) is 241 Å². The van der Waals surface area contributed by atoms with Gasteiger partial charge in [0.15, 0.2) is 6.29 Å². The van der Waals surface area contributed by atoms with Crippen molar-refractivity contribution in [2.75, 3.05) is 52.6 Å². The van der Waals surface area contributed by atoms with E-state index in [1.165, 1.54) is 109 Å². The normalized spacial score (nSPS) is 11.9. The number of nitrogens with one attached hydrogen (secondary N) is 1. The fourth-order valence-corrected chi connectivity index (χ4v) is 6.96. The van der Waals surface area contributed by atoms with Crippen molar-refractivity contribution in [3.05, 3.63) is 0 Å². The monoisotopic (exact) mass is 813 g/mol. The summed E-state index contributed by atoms with van der Waals surface area (Å²) in [5.41, 5.74) is 0. The molecule has 0 spiro atoms. The number of hydrogen-bond donors (Lipinski definition) is 1. The smallest absolute Gasteiger partial charge is 0.305 e. The van der Waals surface area contributed by atoms with E-state index >= 15 is 0 Å². The third kappa shape index (κ3) is 44.2. The van der Waals surface area contributed by atoms with Crippen molar-refractivity contribution in [2.24, 2.45) is 0 Å². The Balaban J connectivity index is 0. The van der Waals surface area contributed by atoms with E-state index in [1.54, 1.807) is 0 Å². The zero-order valence-corrected chi connectivity index (χ0v) is 39.4. The second-order valence-corrected chi connectivity index (χ2v) is 16.1. The summed E-state index contributed by atoms with van der Waals surface area (Å²) in [6.07, 6.45) is 33.2. The van der Waals surface area contributed by atoms with Crippen LogP contribution in [0, 0.1) is 0 Å². The maximum absolute atomic E-state index is 12.7. The number of esters is 2. The maximum Gasteiger partial charge on any atom is 0.305 e. The number of carbonyl (C=O) groups is 2. The first-order chi connectivity index (χ1) is 28.0. The van der Waals surface area contributed by atoms with Crippen molar-refractivity contribution in [1.29, 1.82) is 0 Å². The Morgan fingerprint density at radius 3 is 1.39 bits per heavy atom. The summed E-state index contributed by atoms with van der Waals surface area (Å²) >= 11 is 0. The highest BCUT2D eigenvalue weighted by atomic mass is 16.7. The molecule has 0 aliphatic heterocycles. The van der Waals surface area contributed by atoms with Crippen LogP contribution in [-0.2, 0) is 28.5 Å². The van der Waals surface area contributed by atoms with Crippen LogP contribution < -0.4 is 5.32 Å². The van der Waals surface area contributed by atoms with Gasteiger partial charge in [-0.25, -0.2) is 0 Å². The average molecular weight is 813 g/mol. The molecule has 0 aromatic rings. The summed E-state index contributed by atoms with van der Waals surface area (Å²) in [7, 11) is 0. The van der Waals surface area contributed by atoms with Crippen molar-refractivity contribution in [3.8, 4) is 0 Å². The topological polar surface area (TPSA) is 86.3 Å². The predicted octanol–water partition coefficient (Wildman–Crippen LogP) is 13.5. The summed E-state index contributed by atoms with van der Waals surface area (Å²) in [6.45, 7) is 21.7. The molecule has 57 heavy (non-hydrogen) atoms. The lowest BCUT2D eigenvalue weighted by Crippen LogP contribution is -2.39. The first-order valence-electron chi connectivity index (χ1n) is 25.0.